The summed E-state index contributed by atoms with van der Waals surface area (Å²) >= 11 is 0. The van der Waals surface area contributed by atoms with Crippen molar-refractivity contribution in [3.63, 3.8) is 0 Å². The Hall–Kier alpha value is -0.920. The first-order chi connectivity index (χ1) is 8.53. The molecule has 0 heterocycles. The van der Waals surface area contributed by atoms with Crippen LogP contribution in [0.3, 0.4) is 0 Å². The highest BCUT2D eigenvalue weighted by atomic mass is 19.4. The van der Waals surface area contributed by atoms with Gasteiger partial charge in [0.15, 0.2) is 0 Å². The van der Waals surface area contributed by atoms with E-state index in [1.54, 1.807) is 24.3 Å². The second-order valence-corrected chi connectivity index (χ2v) is 5.08. The maximum atomic E-state index is 12.8. The van der Waals surface area contributed by atoms with Gasteiger partial charge in [0, 0.05) is 12.1 Å². The Bertz CT molecular complexity index is 334. The van der Waals surface area contributed by atoms with Crippen LogP contribution >= 0.6 is 0 Å². The van der Waals surface area contributed by atoms with E-state index in [1.807, 2.05) is 0 Å². The molecule has 3 nitrogen and oxygen atoms in total. The zero-order valence-corrected chi connectivity index (χ0v) is 10.8. The molecule has 0 bridgehead atoms. The topological polar surface area (TPSA) is 32.3 Å². The Morgan fingerprint density at radius 1 is 1.16 bits per heavy atom. The summed E-state index contributed by atoms with van der Waals surface area (Å²) < 4.78 is 61.6. The summed E-state index contributed by atoms with van der Waals surface area (Å²) in [5.41, 5.74) is -0.530. The molecule has 1 saturated carbocycles. The Balaban J connectivity index is 2.68. The van der Waals surface area contributed by atoms with Gasteiger partial charge >= 0.3 is 12.1 Å². The quantitative estimate of drug-likeness (QED) is 0.804. The van der Waals surface area contributed by atoms with Crippen LogP contribution in [0, 0.1) is 0 Å². The lowest BCUT2D eigenvalue weighted by Crippen LogP contribution is -2.56. The smallest absolute Gasteiger partial charge is 0.349 e. The molecule has 0 radical (unpaired) electrons. The molecule has 0 unspecified atom stereocenters. The van der Waals surface area contributed by atoms with Crippen LogP contribution in [0.5, 0.6) is 0 Å². The highest BCUT2D eigenvalue weighted by Gasteiger charge is 2.63. The molecule has 0 spiro atoms. The van der Waals surface area contributed by atoms with Crippen LogP contribution in [-0.2, 0) is 4.79 Å². The molecule has 19 heavy (non-hydrogen) atoms. The number of nitrogens with zero attached hydrogens (tertiary/aromatic N) is 1. The second kappa shape index (κ2) is 5.22. The molecule has 0 aromatic heterocycles. The third-order valence-corrected chi connectivity index (χ3v) is 3.70. The van der Waals surface area contributed by atoms with Crippen LogP contribution in [0.25, 0.3) is 0 Å². The second-order valence-electron chi connectivity index (χ2n) is 5.08. The van der Waals surface area contributed by atoms with Gasteiger partial charge in [0.05, 0.1) is 0 Å². The molecule has 1 rings (SSSR count). The van der Waals surface area contributed by atoms with Crippen molar-refractivity contribution in [2.24, 2.45) is 0 Å². The zero-order valence-electron chi connectivity index (χ0n) is 10.8. The minimum absolute atomic E-state index is 0.204. The van der Waals surface area contributed by atoms with Gasteiger partial charge in [0.1, 0.15) is 0 Å². The van der Waals surface area contributed by atoms with Crippen molar-refractivity contribution in [2.75, 3.05) is 20.6 Å². The average Bonchev–Trinajstić information content (AvgIpc) is 2.74. The van der Waals surface area contributed by atoms with Gasteiger partial charge in [-0.25, -0.2) is 0 Å². The zero-order chi connectivity index (χ0) is 14.9. The first kappa shape index (κ1) is 16.1. The maximum Gasteiger partial charge on any atom is 0.463 e. The summed E-state index contributed by atoms with van der Waals surface area (Å²) in [6.45, 7) is -0.204. The van der Waals surface area contributed by atoms with E-state index in [-0.39, 0.29) is 6.54 Å². The molecule has 0 aromatic carbocycles. The fourth-order valence-electron chi connectivity index (χ4n) is 2.30. The highest BCUT2D eigenvalue weighted by molar-refractivity contribution is 5.84. The molecule has 8 heteroatoms. The van der Waals surface area contributed by atoms with E-state index in [1.165, 1.54) is 0 Å². The Labute approximate surface area is 108 Å². The van der Waals surface area contributed by atoms with E-state index in [9.17, 15) is 26.7 Å². The number of hydrogen-bond donors (Lipinski definition) is 1. The van der Waals surface area contributed by atoms with Gasteiger partial charge in [-0.3, -0.25) is 4.79 Å². The number of likely N-dealkylation sites (N-methyl/N-ethyl adjacent to an activating group) is 1. The lowest BCUT2D eigenvalue weighted by Gasteiger charge is -2.36. The predicted octanol–water partition coefficient (Wildman–Crippen LogP) is 2.17. The fourth-order valence-corrected chi connectivity index (χ4v) is 2.30. The number of amides is 1. The van der Waals surface area contributed by atoms with Gasteiger partial charge in [-0.15, -0.1) is 0 Å². The number of halogens is 5. The van der Waals surface area contributed by atoms with Gasteiger partial charge in [-0.2, -0.15) is 22.0 Å². The van der Waals surface area contributed by atoms with Crippen LogP contribution in [-0.4, -0.2) is 49.1 Å². The van der Waals surface area contributed by atoms with Crippen LogP contribution in [0.1, 0.15) is 25.7 Å². The Morgan fingerprint density at radius 2 is 1.63 bits per heavy atom. The predicted molar refractivity (Wildman–Crippen MR) is 58.9 cm³/mol. The van der Waals surface area contributed by atoms with Crippen LogP contribution in [0.4, 0.5) is 22.0 Å². The monoisotopic (exact) mass is 288 g/mol. The molecule has 0 atom stereocenters. The van der Waals surface area contributed by atoms with Crippen LogP contribution in [0.2, 0.25) is 0 Å². The summed E-state index contributed by atoms with van der Waals surface area (Å²) in [7, 11) is 3.44. The largest absolute Gasteiger partial charge is 0.463 e. The number of alkyl halides is 5. The van der Waals surface area contributed by atoms with Crippen molar-refractivity contribution in [1.29, 1.82) is 0 Å². The van der Waals surface area contributed by atoms with Crippen molar-refractivity contribution in [2.45, 2.75) is 43.3 Å². The molecule has 0 aromatic rings. The van der Waals surface area contributed by atoms with Crippen molar-refractivity contribution >= 4 is 5.91 Å². The maximum absolute atomic E-state index is 12.8. The Morgan fingerprint density at radius 3 is 2.00 bits per heavy atom. The molecular formula is C11H17F5N2O. The van der Waals surface area contributed by atoms with Crippen molar-refractivity contribution in [1.82, 2.24) is 10.2 Å². The number of hydrogen-bond acceptors (Lipinski definition) is 2. The lowest BCUT2D eigenvalue weighted by molar-refractivity contribution is -0.269. The van der Waals surface area contributed by atoms with E-state index in [0.29, 0.717) is 12.8 Å². The van der Waals surface area contributed by atoms with Gasteiger partial charge in [0.25, 0.3) is 5.91 Å². The average molecular weight is 288 g/mol. The SMILES string of the molecule is CN(C)C1(CNC(=O)C(F)(F)C(F)(F)F)CCCC1. The summed E-state index contributed by atoms with van der Waals surface area (Å²) in [6, 6.07) is 0. The van der Waals surface area contributed by atoms with Gasteiger partial charge in [0.2, 0.25) is 0 Å². The van der Waals surface area contributed by atoms with E-state index in [2.05, 4.69) is 0 Å². The normalized spacial score (nSPS) is 19.8. The molecule has 1 N–H and O–H groups in total. The van der Waals surface area contributed by atoms with E-state index < -0.39 is 23.5 Å². The fraction of sp³-hybridized carbons (Fsp3) is 0.909. The molecule has 0 aliphatic heterocycles. The molecule has 112 valence electrons. The van der Waals surface area contributed by atoms with Gasteiger partial charge in [-0.1, -0.05) is 12.8 Å². The van der Waals surface area contributed by atoms with Crippen LogP contribution in [0.15, 0.2) is 0 Å². The Kier molecular flexibility index (Phi) is 4.44. The lowest BCUT2D eigenvalue weighted by atomic mass is 9.96. The number of nitrogens with one attached hydrogen (secondary N) is 1. The van der Waals surface area contributed by atoms with E-state index >= 15 is 0 Å². The number of rotatable bonds is 4. The standard InChI is InChI=1S/C11H17F5N2O/c1-18(2)9(5-3-4-6-9)7-17-8(19)10(12,13)11(14,15)16/h3-7H2,1-2H3,(H,17,19). The highest BCUT2D eigenvalue weighted by Crippen LogP contribution is 2.36. The van der Waals surface area contributed by atoms with Gasteiger partial charge < -0.3 is 10.2 Å². The molecule has 0 saturated heterocycles. The van der Waals surface area contributed by atoms with Crippen molar-refractivity contribution in [3.05, 3.63) is 0 Å². The third-order valence-electron chi connectivity index (χ3n) is 3.70. The minimum Gasteiger partial charge on any atom is -0.349 e. The molecule has 1 aliphatic rings. The van der Waals surface area contributed by atoms with Gasteiger partial charge in [-0.05, 0) is 26.9 Å². The molecule has 1 amide bonds. The third kappa shape index (κ3) is 3.16. The number of carbonyl (C=O) groups excluding carboxylic acids is 1. The molecule has 1 aliphatic carbocycles. The minimum atomic E-state index is -5.86. The summed E-state index contributed by atoms with van der Waals surface area (Å²) in [5.74, 6) is -7.63. The number of carbonyl (C=O) groups is 1. The first-order valence-electron chi connectivity index (χ1n) is 5.93. The van der Waals surface area contributed by atoms with Crippen LogP contribution < -0.4 is 5.32 Å². The first-order valence-corrected chi connectivity index (χ1v) is 5.93. The van der Waals surface area contributed by atoms with E-state index in [4.69, 9.17) is 0 Å². The summed E-state index contributed by atoms with van der Waals surface area (Å²) in [5, 5.41) is 1.74. The molecular weight excluding hydrogens is 271 g/mol. The summed E-state index contributed by atoms with van der Waals surface area (Å²) in [4.78, 5) is 12.8. The van der Waals surface area contributed by atoms with Crippen molar-refractivity contribution in [3.8, 4) is 0 Å². The van der Waals surface area contributed by atoms with E-state index in [0.717, 1.165) is 12.8 Å². The van der Waals surface area contributed by atoms with Crippen molar-refractivity contribution < 1.29 is 26.7 Å². The molecule has 1 fully saturated rings. The summed E-state index contributed by atoms with van der Waals surface area (Å²) in [6.07, 6.45) is -2.80.